The van der Waals surface area contributed by atoms with E-state index in [0.717, 1.165) is 32.7 Å². The zero-order valence-corrected chi connectivity index (χ0v) is 36.2. The van der Waals surface area contributed by atoms with Crippen LogP contribution in [0.15, 0.2) is 60.9 Å². The SMILES string of the molecule is C.C.CC(C)[C@H](NC(=O)C(C)(C)COc1cc2cc([C@@H](C)O)ccc2cn1)C(=O)O.COC(=O)[C@@H](NC(=O)C(C)(C)COc1cc2cc([C@@H](C)O)ccc2cn1)C(C)C.[Li+].[OH-]. The summed E-state index contributed by atoms with van der Waals surface area (Å²) in [5.74, 6) is -1.84. The van der Waals surface area contributed by atoms with Crippen molar-refractivity contribution in [3.05, 3.63) is 72.1 Å². The van der Waals surface area contributed by atoms with E-state index in [1.807, 2.05) is 50.2 Å². The Hall–Kier alpha value is -4.78. The number of hydrogen-bond donors (Lipinski definition) is 5. The Kier molecular flexibility index (Phi) is 24.1. The number of esters is 1. The van der Waals surface area contributed by atoms with E-state index in [1.54, 1.807) is 79.9 Å². The standard InChI is InChI=1S/C22H30N2O5.C21H28N2O5.2CH4.Li.H2O/c1-13(2)19(20(26)28-6)24-21(27)22(4,5)12-29-18-10-17-9-15(14(3)25)7-8-16(17)11-23-18;1-12(2)18(19(25)26)23-20(27)21(4,5)11-28-17-9-16-8-14(13(3)24)6-7-15(16)10-22-17;;;;/h7-11,13-14,19,25H,12H2,1-6H3,(H,24,27);6-10,12-13,18,24H,11H2,1-5H3,(H,23,27)(H,25,26);2*1H4;;1H2/q;;;;+1;/p-1/t14-,19+;13-,18+;;;;/m11..../s1. The van der Waals surface area contributed by atoms with Crippen LogP contribution in [-0.4, -0.2) is 86.9 Å². The minimum absolute atomic E-state index is 0. The molecule has 61 heavy (non-hydrogen) atoms. The molecule has 334 valence electrons. The maximum atomic E-state index is 12.7. The molecule has 15 nitrogen and oxygen atoms in total. The Morgan fingerprint density at radius 3 is 1.31 bits per heavy atom. The van der Waals surface area contributed by atoms with Crippen molar-refractivity contribution in [1.82, 2.24) is 20.6 Å². The number of benzene rings is 2. The molecule has 0 unspecified atom stereocenters. The number of carboxylic acid groups (broad SMARTS) is 1. The van der Waals surface area contributed by atoms with Crippen LogP contribution in [0.25, 0.3) is 21.5 Å². The summed E-state index contributed by atoms with van der Waals surface area (Å²) in [7, 11) is 1.30. The van der Waals surface area contributed by atoms with Crippen molar-refractivity contribution in [3.8, 4) is 11.8 Å². The predicted molar refractivity (Wildman–Crippen MR) is 232 cm³/mol. The Morgan fingerprint density at radius 1 is 0.639 bits per heavy atom. The molecule has 16 heteroatoms. The van der Waals surface area contributed by atoms with Gasteiger partial charge in [-0.25, -0.2) is 19.6 Å². The molecule has 0 saturated carbocycles. The maximum Gasteiger partial charge on any atom is 1.00 e. The van der Waals surface area contributed by atoms with Crippen molar-refractivity contribution in [2.24, 2.45) is 22.7 Å². The van der Waals surface area contributed by atoms with E-state index < -0.39 is 53.0 Å². The zero-order chi connectivity index (χ0) is 42.8. The second-order valence-corrected chi connectivity index (χ2v) is 16.2. The minimum atomic E-state index is -1.06. The largest absolute Gasteiger partial charge is 1.00 e. The van der Waals surface area contributed by atoms with Gasteiger partial charge in [-0.15, -0.1) is 0 Å². The van der Waals surface area contributed by atoms with Gasteiger partial charge in [0.05, 0.1) is 30.1 Å². The molecule has 0 bridgehead atoms. The van der Waals surface area contributed by atoms with Crippen molar-refractivity contribution in [1.29, 1.82) is 0 Å². The fourth-order valence-electron chi connectivity index (χ4n) is 5.41. The summed E-state index contributed by atoms with van der Waals surface area (Å²) in [4.78, 5) is 57.0. The molecule has 2 aromatic heterocycles. The summed E-state index contributed by atoms with van der Waals surface area (Å²) in [6.45, 7) is 17.5. The van der Waals surface area contributed by atoms with Crippen LogP contribution >= 0.6 is 0 Å². The van der Waals surface area contributed by atoms with Crippen molar-refractivity contribution >= 4 is 45.3 Å². The molecular weight excluding hydrogens is 779 g/mol. The molecule has 2 heterocycles. The number of hydrogen-bond acceptors (Lipinski definition) is 12. The molecule has 4 atom stereocenters. The van der Waals surface area contributed by atoms with Crippen LogP contribution in [0.4, 0.5) is 0 Å². The molecule has 0 aliphatic rings. The van der Waals surface area contributed by atoms with Gasteiger partial charge in [-0.05, 0) is 87.4 Å². The Labute approximate surface area is 372 Å². The van der Waals surface area contributed by atoms with Gasteiger partial charge in [0.15, 0.2) is 0 Å². The van der Waals surface area contributed by atoms with Crippen molar-refractivity contribution < 1.29 is 73.0 Å². The number of pyridine rings is 2. The summed E-state index contributed by atoms with van der Waals surface area (Å²) >= 11 is 0. The van der Waals surface area contributed by atoms with Gasteiger partial charge in [0, 0.05) is 35.3 Å². The second-order valence-electron chi connectivity index (χ2n) is 16.2. The number of amides is 2. The van der Waals surface area contributed by atoms with E-state index in [1.165, 1.54) is 7.11 Å². The molecule has 6 N–H and O–H groups in total. The van der Waals surface area contributed by atoms with E-state index in [-0.39, 0.29) is 70.1 Å². The average Bonchev–Trinajstić information content (AvgIpc) is 3.15. The van der Waals surface area contributed by atoms with E-state index in [4.69, 9.17) is 14.2 Å². The second kappa shape index (κ2) is 25.2. The molecule has 0 saturated heterocycles. The van der Waals surface area contributed by atoms with Gasteiger partial charge in [0.2, 0.25) is 23.6 Å². The molecule has 0 fully saturated rings. The van der Waals surface area contributed by atoms with Crippen LogP contribution in [0.2, 0.25) is 0 Å². The number of carbonyl (C=O) groups excluding carboxylic acids is 3. The quantitative estimate of drug-likeness (QED) is 0.0793. The van der Waals surface area contributed by atoms with Crippen LogP contribution < -0.4 is 39.0 Å². The monoisotopic (exact) mass is 846 g/mol. The molecule has 4 rings (SSSR count). The van der Waals surface area contributed by atoms with Gasteiger partial charge >= 0.3 is 30.8 Å². The van der Waals surface area contributed by atoms with Crippen molar-refractivity contribution in [2.75, 3.05) is 20.3 Å². The maximum absolute atomic E-state index is 12.7. The van der Waals surface area contributed by atoms with Crippen LogP contribution in [0.3, 0.4) is 0 Å². The Morgan fingerprint density at radius 2 is 1.00 bits per heavy atom. The number of aromatic nitrogens is 2. The number of nitrogens with one attached hydrogen (secondary N) is 2. The number of aliphatic hydroxyl groups excluding tert-OH is 2. The first-order valence-corrected chi connectivity index (χ1v) is 18.9. The third-order valence-corrected chi connectivity index (χ3v) is 9.43. The normalized spacial score (nSPS) is 13.0. The number of aliphatic carboxylic acids is 1. The molecule has 0 aliphatic heterocycles. The Balaban J connectivity index is 0. The zero-order valence-electron chi connectivity index (χ0n) is 36.2. The smallest absolute Gasteiger partial charge is 0.870 e. The predicted octanol–water partition coefficient (Wildman–Crippen LogP) is 4.02. The van der Waals surface area contributed by atoms with Gasteiger partial charge in [0.1, 0.15) is 25.3 Å². The van der Waals surface area contributed by atoms with E-state index >= 15 is 0 Å². The number of rotatable bonds is 16. The molecule has 0 radical (unpaired) electrons. The van der Waals surface area contributed by atoms with E-state index in [2.05, 4.69) is 20.6 Å². The van der Waals surface area contributed by atoms with Gasteiger partial charge < -0.3 is 45.6 Å². The first-order chi connectivity index (χ1) is 26.6. The number of fused-ring (bicyclic) bond motifs is 2. The molecule has 0 aliphatic carbocycles. The van der Waals surface area contributed by atoms with Crippen molar-refractivity contribution in [3.63, 3.8) is 0 Å². The van der Waals surface area contributed by atoms with E-state index in [9.17, 15) is 34.5 Å². The number of ether oxygens (including phenoxy) is 3. The third kappa shape index (κ3) is 16.5. The van der Waals surface area contributed by atoms with Crippen LogP contribution in [-0.2, 0) is 23.9 Å². The van der Waals surface area contributed by atoms with E-state index in [0.29, 0.717) is 11.8 Å². The first-order valence-electron chi connectivity index (χ1n) is 18.9. The molecule has 2 amide bonds. The van der Waals surface area contributed by atoms with Gasteiger partial charge in [0.25, 0.3) is 0 Å². The summed E-state index contributed by atoms with van der Waals surface area (Å²) in [6, 6.07) is 13.1. The first kappa shape index (κ1) is 58.3. The van der Waals surface area contributed by atoms with Gasteiger partial charge in [-0.1, -0.05) is 66.8 Å². The summed E-state index contributed by atoms with van der Waals surface area (Å²) in [5, 5.41) is 37.7. The number of carbonyl (C=O) groups is 4. The number of carboxylic acids is 1. The fraction of sp³-hybridized carbons (Fsp3) is 0.511. The minimum Gasteiger partial charge on any atom is -0.870 e. The molecular formula is C45H67LiN4O11. The number of methoxy groups -OCH3 is 1. The fourth-order valence-corrected chi connectivity index (χ4v) is 5.41. The summed E-state index contributed by atoms with van der Waals surface area (Å²) in [6.07, 6.45) is 2.22. The van der Waals surface area contributed by atoms with Gasteiger partial charge in [-0.2, -0.15) is 0 Å². The van der Waals surface area contributed by atoms with Gasteiger partial charge in [-0.3, -0.25) is 9.59 Å². The molecule has 0 spiro atoms. The summed E-state index contributed by atoms with van der Waals surface area (Å²) < 4.78 is 16.3. The van der Waals surface area contributed by atoms with Crippen LogP contribution in [0.5, 0.6) is 11.8 Å². The number of nitrogens with zero attached hydrogens (tertiary/aromatic N) is 2. The third-order valence-electron chi connectivity index (χ3n) is 9.43. The molecule has 4 aromatic rings. The molecule has 2 aromatic carbocycles. The van der Waals surface area contributed by atoms with Crippen LogP contribution in [0.1, 0.15) is 107 Å². The topological polar surface area (TPSA) is 236 Å². The average molecular weight is 847 g/mol. The summed E-state index contributed by atoms with van der Waals surface area (Å²) in [5.41, 5.74) is -0.241. The number of aliphatic hydroxyl groups is 2. The Bertz CT molecular complexity index is 2040. The van der Waals surface area contributed by atoms with Crippen molar-refractivity contribution in [2.45, 2.75) is 108 Å². The van der Waals surface area contributed by atoms with Crippen LogP contribution in [0, 0.1) is 22.7 Å².